The molecule has 4 fully saturated rings. The molecule has 0 amide bonds. The lowest BCUT2D eigenvalue weighted by Crippen LogP contribution is -2.65. The first-order valence-corrected chi connectivity index (χ1v) is 14.3. The topological polar surface area (TPSA) is 262 Å². The zero-order valence-electron chi connectivity index (χ0n) is 26.3. The van der Waals surface area contributed by atoms with Gasteiger partial charge in [0.2, 0.25) is 0 Å². The third-order valence-electron chi connectivity index (χ3n) is 11.6. The molecule has 0 unspecified atom stereocenters. The Morgan fingerprint density at radius 2 is 1.52 bits per heavy atom. The van der Waals surface area contributed by atoms with Gasteiger partial charge in [-0.05, 0) is 111 Å². The van der Waals surface area contributed by atoms with E-state index < -0.39 is 24.1 Å². The molecule has 0 bridgehead atoms. The number of hydrogen-bond acceptors (Lipinski definition) is 5. The molecule has 0 radical (unpaired) electrons. The molecule has 0 spiro atoms. The Morgan fingerprint density at radius 3 is 2.05 bits per heavy atom. The van der Waals surface area contributed by atoms with Gasteiger partial charge in [0.05, 0.1) is 12.2 Å². The Morgan fingerprint density at radius 1 is 0.929 bits per heavy atom. The molecule has 0 aromatic rings. The summed E-state index contributed by atoms with van der Waals surface area (Å²) in [6.07, 6.45) is 6.22. The molecule has 4 aliphatic carbocycles. The van der Waals surface area contributed by atoms with Crippen molar-refractivity contribution in [3.8, 4) is 0 Å². The summed E-state index contributed by atoms with van der Waals surface area (Å²) in [5.74, 6) is -0.909. The molecule has 4 rings (SSSR count). The van der Waals surface area contributed by atoms with Crippen molar-refractivity contribution >= 4 is 11.9 Å². The fraction of sp³-hybridized carbons (Fsp3) is 0.806. The number of allylic oxidation sites excluding steroid dienone is 2. The van der Waals surface area contributed by atoms with Crippen LogP contribution in [0.2, 0.25) is 0 Å². The zero-order chi connectivity index (χ0) is 27.5. The number of hydrogen-bond donors (Lipinski definition) is 3. The number of rotatable bonds is 5. The van der Waals surface area contributed by atoms with Crippen LogP contribution >= 0.6 is 0 Å². The van der Waals surface area contributed by atoms with Gasteiger partial charge < -0.3 is 47.4 Å². The van der Waals surface area contributed by atoms with Crippen molar-refractivity contribution in [1.82, 2.24) is 0 Å². The molecule has 0 heterocycles. The van der Waals surface area contributed by atoms with Crippen LogP contribution < -0.4 is 0 Å². The summed E-state index contributed by atoms with van der Waals surface area (Å²) < 4.78 is 5.87. The number of aliphatic hydroxyl groups excluding tert-OH is 2. The maximum Gasteiger partial charge on any atom is 0.331 e. The normalized spacial score (nSPS) is 40.7. The SMILES string of the molecule is CC(=O)O[C@H]1C[C@@]2(C)[C@@H](C[C@@H](O)[C@H]3[C@@]4(C)CC[C@@H](O)[C@@H](C)[C@@H]4CC[C@@]32C)/C1=C(\CCC=C(C)C)C(=O)O.O.O.O.O.O. The maximum absolute atomic E-state index is 12.6. The Bertz CT molecular complexity index is 1000. The molecule has 4 aliphatic rings. The number of carboxylic acids is 1. The van der Waals surface area contributed by atoms with E-state index in [0.29, 0.717) is 37.2 Å². The van der Waals surface area contributed by atoms with Gasteiger partial charge in [0.1, 0.15) is 6.10 Å². The third kappa shape index (κ3) is 6.47. The van der Waals surface area contributed by atoms with Crippen molar-refractivity contribution in [2.45, 2.75) is 118 Å². The number of carbonyl (C=O) groups excluding carboxylic acids is 1. The second-order valence-electron chi connectivity index (χ2n) is 13.6. The van der Waals surface area contributed by atoms with Crippen LogP contribution in [0, 0.1) is 39.9 Å². The van der Waals surface area contributed by atoms with E-state index >= 15 is 0 Å². The monoisotopic (exact) mass is 606 g/mol. The molecule has 0 aliphatic heterocycles. The van der Waals surface area contributed by atoms with Gasteiger partial charge in [-0.3, -0.25) is 4.79 Å². The van der Waals surface area contributed by atoms with Gasteiger partial charge in [-0.25, -0.2) is 4.79 Å². The molecule has 0 aromatic carbocycles. The number of carbonyl (C=O) groups is 2. The summed E-state index contributed by atoms with van der Waals surface area (Å²) >= 11 is 0. The van der Waals surface area contributed by atoms with E-state index in [2.05, 4.69) is 27.7 Å². The van der Waals surface area contributed by atoms with Gasteiger partial charge in [-0.2, -0.15) is 0 Å². The molecule has 0 aromatic heterocycles. The second-order valence-corrected chi connectivity index (χ2v) is 13.6. The van der Waals surface area contributed by atoms with Crippen LogP contribution in [0.4, 0.5) is 0 Å². The van der Waals surface area contributed by atoms with Crippen LogP contribution in [-0.4, -0.2) is 73.0 Å². The molecule has 10 atom stereocenters. The summed E-state index contributed by atoms with van der Waals surface area (Å²) in [5.41, 5.74) is 1.57. The lowest BCUT2D eigenvalue weighted by molar-refractivity contribution is -0.234. The fourth-order valence-electron chi connectivity index (χ4n) is 9.79. The molecule has 42 heavy (non-hydrogen) atoms. The van der Waals surface area contributed by atoms with Crippen LogP contribution in [0.3, 0.4) is 0 Å². The third-order valence-corrected chi connectivity index (χ3v) is 11.6. The summed E-state index contributed by atoms with van der Waals surface area (Å²) in [6.45, 7) is 14.5. The molecular weight excluding hydrogens is 548 g/mol. The van der Waals surface area contributed by atoms with E-state index in [9.17, 15) is 24.9 Å². The number of esters is 1. The highest BCUT2D eigenvalue weighted by molar-refractivity contribution is 5.88. The minimum atomic E-state index is -0.953. The summed E-state index contributed by atoms with van der Waals surface area (Å²) in [4.78, 5) is 24.8. The van der Waals surface area contributed by atoms with Crippen LogP contribution in [0.15, 0.2) is 22.8 Å². The van der Waals surface area contributed by atoms with Gasteiger partial charge in [0.15, 0.2) is 0 Å². The molecular formula is C31H58O11. The average Bonchev–Trinajstić information content (AvgIpc) is 3.05. The molecule has 4 saturated carbocycles. The molecule has 11 nitrogen and oxygen atoms in total. The Labute approximate surface area is 250 Å². The van der Waals surface area contributed by atoms with Crippen molar-refractivity contribution in [3.05, 3.63) is 22.8 Å². The van der Waals surface area contributed by atoms with Gasteiger partial charge >= 0.3 is 11.9 Å². The van der Waals surface area contributed by atoms with Crippen molar-refractivity contribution in [3.63, 3.8) is 0 Å². The van der Waals surface area contributed by atoms with Crippen LogP contribution in [-0.2, 0) is 14.3 Å². The van der Waals surface area contributed by atoms with Crippen molar-refractivity contribution in [2.75, 3.05) is 0 Å². The van der Waals surface area contributed by atoms with Crippen LogP contribution in [0.5, 0.6) is 0 Å². The van der Waals surface area contributed by atoms with E-state index in [1.165, 1.54) is 6.92 Å². The lowest BCUT2D eigenvalue weighted by Gasteiger charge is -2.69. The van der Waals surface area contributed by atoms with Crippen molar-refractivity contribution in [1.29, 1.82) is 0 Å². The predicted octanol–water partition coefficient (Wildman–Crippen LogP) is 1.54. The average molecular weight is 607 g/mol. The second kappa shape index (κ2) is 14.7. The quantitative estimate of drug-likeness (QED) is 0.237. The number of aliphatic carboxylic acids is 1. The Hall–Kier alpha value is -1.86. The summed E-state index contributed by atoms with van der Waals surface area (Å²) in [5, 5.41) is 32.9. The minimum Gasteiger partial charge on any atom is -0.478 e. The number of carboxylic acid groups (broad SMARTS) is 1. The summed E-state index contributed by atoms with van der Waals surface area (Å²) in [6, 6.07) is 0. The van der Waals surface area contributed by atoms with E-state index in [1.807, 2.05) is 19.9 Å². The summed E-state index contributed by atoms with van der Waals surface area (Å²) in [7, 11) is 0. The van der Waals surface area contributed by atoms with Crippen molar-refractivity contribution in [2.24, 2.45) is 39.9 Å². The van der Waals surface area contributed by atoms with Gasteiger partial charge in [0.25, 0.3) is 0 Å². The highest BCUT2D eigenvalue weighted by atomic mass is 16.5. The lowest BCUT2D eigenvalue weighted by atomic mass is 9.36. The van der Waals surface area contributed by atoms with Gasteiger partial charge in [0, 0.05) is 12.5 Å². The molecule has 248 valence electrons. The van der Waals surface area contributed by atoms with Gasteiger partial charge in [-0.1, -0.05) is 39.3 Å². The highest BCUT2D eigenvalue weighted by Crippen LogP contribution is 2.74. The molecule has 0 saturated heterocycles. The Kier molecular flexibility index (Phi) is 14.8. The highest BCUT2D eigenvalue weighted by Gasteiger charge is 2.70. The van der Waals surface area contributed by atoms with E-state index in [-0.39, 0.29) is 67.5 Å². The van der Waals surface area contributed by atoms with Crippen molar-refractivity contribution < 1.29 is 57.0 Å². The first kappa shape index (κ1) is 42.3. The largest absolute Gasteiger partial charge is 0.478 e. The van der Waals surface area contributed by atoms with E-state index in [4.69, 9.17) is 4.74 Å². The number of aliphatic hydroxyl groups is 2. The fourth-order valence-corrected chi connectivity index (χ4v) is 9.79. The molecule has 11 heteroatoms. The van der Waals surface area contributed by atoms with E-state index in [1.54, 1.807) is 0 Å². The van der Waals surface area contributed by atoms with Crippen LogP contribution in [0.1, 0.15) is 99.8 Å². The Balaban J connectivity index is 0. The van der Waals surface area contributed by atoms with Gasteiger partial charge in [-0.15, -0.1) is 0 Å². The first-order valence-electron chi connectivity index (χ1n) is 14.3. The number of ether oxygens (including phenoxy) is 1. The van der Waals surface area contributed by atoms with Crippen LogP contribution in [0.25, 0.3) is 0 Å². The predicted molar refractivity (Wildman–Crippen MR) is 161 cm³/mol. The van der Waals surface area contributed by atoms with E-state index in [0.717, 1.165) is 36.8 Å². The smallest absolute Gasteiger partial charge is 0.331 e. The minimum absolute atomic E-state index is 0. The number of fused-ring (bicyclic) bond motifs is 5. The maximum atomic E-state index is 12.6. The standard InChI is InChI=1S/C31H48O6.5H2O/c1-17(2)9-8-10-20(28(35)36)26-22-15-24(34)27-29(5)13-12-23(33)18(3)21(29)11-14-30(27,6)31(22,7)16-25(26)37-19(4)32;;;;;/h9,18,21-25,27,33-34H,8,10-16H2,1-7H3,(H,35,36);5*1H2/b26-20-;;;;;/t18-,21-,22-,23+,24+,25-,27-,29-,30-,31-;;;;;/m0...../s1. The zero-order valence-corrected chi connectivity index (χ0v) is 26.3. The first-order chi connectivity index (χ1) is 17.2. The molecule has 13 N–H and O–H groups in total.